The number of imidazole rings is 1. The molecule has 4 aromatic rings. The average molecular weight is 571 g/mol. The predicted molar refractivity (Wildman–Crippen MR) is 109 cm³/mol. The standard InChI is InChI=1S/C16H12N3S.C5H8O2.Ir/c1-10-7-11(2)9-12(8-10)15-16-13(3-5-17-15)19-14(18-16)4-6-20-19;1-4(6)3-5(2)7;/h3-8H,1-2H3;3,6H,1-2H3;/q-1;;/b;4-3-;. The first-order valence-electron chi connectivity index (χ1n) is 8.45. The molecule has 1 N–H and O–H groups in total. The number of rotatable bonds is 2. The molecule has 0 bridgehead atoms. The summed E-state index contributed by atoms with van der Waals surface area (Å²) in [6.45, 7) is 7.00. The fraction of sp³-hybridized carbons (Fsp3) is 0.190. The van der Waals surface area contributed by atoms with Crippen LogP contribution in [0.5, 0.6) is 0 Å². The Labute approximate surface area is 181 Å². The Morgan fingerprint density at radius 2 is 2.00 bits per heavy atom. The topological polar surface area (TPSA) is 67.5 Å². The number of aliphatic hydroxyl groups is 1. The van der Waals surface area contributed by atoms with Gasteiger partial charge >= 0.3 is 0 Å². The third kappa shape index (κ3) is 4.93. The molecule has 1 radical (unpaired) electrons. The fourth-order valence-corrected chi connectivity index (χ4v) is 3.66. The Morgan fingerprint density at radius 3 is 2.61 bits per heavy atom. The number of ketones is 1. The van der Waals surface area contributed by atoms with Crippen molar-refractivity contribution in [1.82, 2.24) is 13.8 Å². The molecule has 28 heavy (non-hydrogen) atoms. The maximum Gasteiger partial charge on any atom is 0.155 e. The molecule has 0 spiro atoms. The van der Waals surface area contributed by atoms with E-state index in [1.807, 2.05) is 23.7 Å². The first kappa shape index (κ1) is 22.0. The van der Waals surface area contributed by atoms with Gasteiger partial charge in [-0.2, -0.15) is 0 Å². The van der Waals surface area contributed by atoms with Gasteiger partial charge in [0.2, 0.25) is 0 Å². The van der Waals surface area contributed by atoms with Gasteiger partial charge in [0.15, 0.2) is 5.78 Å². The average Bonchev–Trinajstić information content (AvgIpc) is 3.13. The van der Waals surface area contributed by atoms with Crippen LogP contribution in [0.15, 0.2) is 47.7 Å². The van der Waals surface area contributed by atoms with E-state index in [0.29, 0.717) is 0 Å². The van der Waals surface area contributed by atoms with Crippen LogP contribution in [-0.2, 0) is 24.9 Å². The summed E-state index contributed by atoms with van der Waals surface area (Å²) in [6, 6.07) is 11.7. The van der Waals surface area contributed by atoms with Crippen molar-refractivity contribution in [1.29, 1.82) is 0 Å². The molecular formula is C21H20IrN3O2S-. The Hall–Kier alpha value is -2.34. The number of benzene rings is 1. The van der Waals surface area contributed by atoms with Gasteiger partial charge in [-0.15, -0.1) is 34.9 Å². The molecule has 0 amide bonds. The van der Waals surface area contributed by atoms with Crippen LogP contribution in [-0.4, -0.2) is 24.6 Å². The summed E-state index contributed by atoms with van der Waals surface area (Å²) in [6.07, 6.45) is 3.01. The molecule has 0 atom stereocenters. The quantitative estimate of drug-likeness (QED) is 0.208. The van der Waals surface area contributed by atoms with Gasteiger partial charge in [-0.1, -0.05) is 25.4 Å². The zero-order valence-electron chi connectivity index (χ0n) is 16.0. The zero-order valence-corrected chi connectivity index (χ0v) is 19.2. The van der Waals surface area contributed by atoms with Gasteiger partial charge < -0.3 is 10.1 Å². The normalized spacial score (nSPS) is 11.1. The number of aryl methyl sites for hydroxylation is 2. The molecule has 3 heterocycles. The van der Waals surface area contributed by atoms with Crippen molar-refractivity contribution in [2.45, 2.75) is 27.7 Å². The summed E-state index contributed by atoms with van der Waals surface area (Å²) < 4.78 is 2.13. The molecule has 0 saturated carbocycles. The minimum Gasteiger partial charge on any atom is -0.512 e. The van der Waals surface area contributed by atoms with Gasteiger partial charge in [-0.3, -0.25) is 4.79 Å². The maximum absolute atomic E-state index is 10.0. The number of hydrogen-bond donors (Lipinski definition) is 1. The third-order valence-corrected chi connectivity index (χ3v) is 4.61. The number of carbonyl (C=O) groups excluding carboxylic acids is 1. The van der Waals surface area contributed by atoms with Crippen LogP contribution < -0.4 is 0 Å². The number of aromatic nitrogens is 3. The first-order chi connectivity index (χ1) is 12.8. The van der Waals surface area contributed by atoms with E-state index in [0.717, 1.165) is 33.5 Å². The van der Waals surface area contributed by atoms with E-state index in [-0.39, 0.29) is 31.6 Å². The summed E-state index contributed by atoms with van der Waals surface area (Å²) in [5.41, 5.74) is 7.29. The first-order valence-corrected chi connectivity index (χ1v) is 9.28. The summed E-state index contributed by atoms with van der Waals surface area (Å²) >= 11 is 1.65. The molecule has 5 nitrogen and oxygen atoms in total. The number of aliphatic hydroxyl groups excluding tert-OH is 1. The van der Waals surface area contributed by atoms with Crippen LogP contribution in [0.1, 0.15) is 25.0 Å². The molecule has 0 aliphatic rings. The molecule has 147 valence electrons. The van der Waals surface area contributed by atoms with Gasteiger partial charge in [0, 0.05) is 43.5 Å². The van der Waals surface area contributed by atoms with Crippen LogP contribution in [0.2, 0.25) is 0 Å². The van der Waals surface area contributed by atoms with Crippen molar-refractivity contribution in [2.75, 3.05) is 0 Å². The van der Waals surface area contributed by atoms with Gasteiger partial charge in [0.1, 0.15) is 5.65 Å². The largest absolute Gasteiger partial charge is 0.512 e. The van der Waals surface area contributed by atoms with Crippen LogP contribution in [0.25, 0.3) is 27.9 Å². The number of carbonyl (C=O) groups is 1. The van der Waals surface area contributed by atoms with Crippen molar-refractivity contribution in [3.8, 4) is 11.3 Å². The molecule has 0 unspecified atom stereocenters. The predicted octanol–water partition coefficient (Wildman–Crippen LogP) is 5.06. The third-order valence-electron chi connectivity index (χ3n) is 3.75. The number of nitrogens with zero attached hydrogens (tertiary/aromatic N) is 3. The Kier molecular flexibility index (Phi) is 7.24. The van der Waals surface area contributed by atoms with Crippen molar-refractivity contribution in [3.63, 3.8) is 0 Å². The molecule has 7 heteroatoms. The molecular weight excluding hydrogens is 551 g/mol. The Morgan fingerprint density at radius 1 is 1.25 bits per heavy atom. The molecule has 0 saturated heterocycles. The maximum atomic E-state index is 10.0. The number of allylic oxidation sites excluding steroid dienone is 2. The molecule has 0 fully saturated rings. The smallest absolute Gasteiger partial charge is 0.155 e. The summed E-state index contributed by atoms with van der Waals surface area (Å²) in [5, 5.41) is 10.4. The van der Waals surface area contributed by atoms with Gasteiger partial charge in [0.05, 0.1) is 16.8 Å². The monoisotopic (exact) mass is 571 g/mol. The summed E-state index contributed by atoms with van der Waals surface area (Å²) in [7, 11) is 0. The molecule has 3 aromatic heterocycles. The van der Waals surface area contributed by atoms with Crippen LogP contribution in [0, 0.1) is 19.9 Å². The summed E-state index contributed by atoms with van der Waals surface area (Å²) in [5.74, 6) is -0.0625. The number of fused-ring (bicyclic) bond motifs is 3. The van der Waals surface area contributed by atoms with Crippen molar-refractivity contribution >= 4 is 34.0 Å². The second-order valence-electron chi connectivity index (χ2n) is 6.35. The molecule has 0 aliphatic heterocycles. The fourth-order valence-electron chi connectivity index (χ4n) is 2.88. The van der Waals surface area contributed by atoms with Crippen LogP contribution >= 0.6 is 11.5 Å². The minimum absolute atomic E-state index is 0. The molecule has 0 aliphatic carbocycles. The SMILES string of the molecule is CC(=O)/C=C(/C)O.Cc1[c-]c(-c2nccc3c2nc2ccsn23)cc(C)c1.[Ir]. The van der Waals surface area contributed by atoms with E-state index < -0.39 is 0 Å². The Bertz CT molecular complexity index is 1140. The van der Waals surface area contributed by atoms with E-state index in [9.17, 15) is 4.79 Å². The van der Waals surface area contributed by atoms with E-state index in [2.05, 4.69) is 40.8 Å². The van der Waals surface area contributed by atoms with Crippen LogP contribution in [0.3, 0.4) is 0 Å². The zero-order chi connectivity index (χ0) is 19.6. The van der Waals surface area contributed by atoms with Crippen LogP contribution in [0.4, 0.5) is 0 Å². The molecule has 1 aromatic carbocycles. The van der Waals surface area contributed by atoms with Crippen molar-refractivity contribution in [2.24, 2.45) is 0 Å². The van der Waals surface area contributed by atoms with Gasteiger partial charge in [-0.05, 0) is 26.0 Å². The van der Waals surface area contributed by atoms with E-state index in [1.54, 1.807) is 11.5 Å². The van der Waals surface area contributed by atoms with E-state index >= 15 is 0 Å². The molecule has 4 rings (SSSR count). The van der Waals surface area contributed by atoms with Gasteiger partial charge in [-0.25, -0.2) is 8.77 Å². The minimum atomic E-state index is -0.125. The Balaban J connectivity index is 0.000000306. The van der Waals surface area contributed by atoms with E-state index in [1.165, 1.54) is 25.5 Å². The number of pyridine rings is 1. The number of hydrogen-bond acceptors (Lipinski definition) is 5. The van der Waals surface area contributed by atoms with Crippen molar-refractivity contribution in [3.05, 3.63) is 64.9 Å². The van der Waals surface area contributed by atoms with Gasteiger partial charge in [0.25, 0.3) is 0 Å². The second-order valence-corrected chi connectivity index (χ2v) is 7.20. The van der Waals surface area contributed by atoms with Crippen molar-refractivity contribution < 1.29 is 30.0 Å². The second kappa shape index (κ2) is 9.24. The summed E-state index contributed by atoms with van der Waals surface area (Å²) in [4.78, 5) is 19.3. The van der Waals surface area contributed by atoms with E-state index in [4.69, 9.17) is 10.1 Å².